The molecule has 0 aromatic rings. The number of hydrogen-bond donors (Lipinski definition) is 0. The van der Waals surface area contributed by atoms with E-state index in [4.69, 9.17) is 0 Å². The maximum atomic E-state index is 2.66. The Hall–Kier alpha value is -0.300. The van der Waals surface area contributed by atoms with E-state index in [-0.39, 0.29) is 0 Å². The Morgan fingerprint density at radius 2 is 1.92 bits per heavy atom. The molecule has 2 bridgehead atoms. The molecule has 2 rings (SSSR count). The molecule has 2 aliphatic heterocycles. The second kappa shape index (κ2) is 2.60. The minimum absolute atomic E-state index is 0.469. The van der Waals surface area contributed by atoms with Crippen LogP contribution in [0.15, 0.2) is 11.1 Å². The van der Waals surface area contributed by atoms with Gasteiger partial charge in [0, 0.05) is 17.5 Å². The predicted molar refractivity (Wildman–Crippen MR) is 56.7 cm³/mol. The quantitative estimate of drug-likeness (QED) is 0.517. The third-order valence-corrected chi connectivity index (χ3v) is 4.88. The van der Waals surface area contributed by atoms with Crippen molar-refractivity contribution in [1.29, 1.82) is 0 Å². The summed E-state index contributed by atoms with van der Waals surface area (Å²) in [7, 11) is 0. The van der Waals surface area contributed by atoms with E-state index in [0.29, 0.717) is 11.5 Å². The van der Waals surface area contributed by atoms with Crippen LogP contribution in [0.25, 0.3) is 0 Å². The van der Waals surface area contributed by atoms with Gasteiger partial charge in [0.25, 0.3) is 0 Å². The first-order valence-corrected chi connectivity index (χ1v) is 5.42. The van der Waals surface area contributed by atoms with E-state index in [2.05, 4.69) is 39.5 Å². The summed E-state index contributed by atoms with van der Waals surface area (Å²) < 4.78 is 0. The molecule has 1 nitrogen and oxygen atoms in total. The first kappa shape index (κ1) is 9.26. The van der Waals surface area contributed by atoms with E-state index >= 15 is 0 Å². The number of fused-ring (bicyclic) bond motifs is 2. The molecule has 0 aromatic carbocycles. The van der Waals surface area contributed by atoms with Crippen LogP contribution in [0.4, 0.5) is 0 Å². The van der Waals surface area contributed by atoms with Crippen molar-refractivity contribution in [1.82, 2.24) is 4.90 Å². The average Bonchev–Trinajstić information content (AvgIpc) is 2.37. The van der Waals surface area contributed by atoms with Gasteiger partial charge in [-0.25, -0.2) is 0 Å². The van der Waals surface area contributed by atoms with Crippen LogP contribution in [-0.2, 0) is 0 Å². The fourth-order valence-electron chi connectivity index (χ4n) is 3.17. The highest BCUT2D eigenvalue weighted by Gasteiger charge is 2.48. The van der Waals surface area contributed by atoms with Gasteiger partial charge in [-0.05, 0) is 40.7 Å². The molecule has 1 fully saturated rings. The van der Waals surface area contributed by atoms with Crippen LogP contribution in [0.1, 0.15) is 41.0 Å². The van der Waals surface area contributed by atoms with Gasteiger partial charge < -0.3 is 0 Å². The average molecular weight is 179 g/mol. The van der Waals surface area contributed by atoms with Gasteiger partial charge in [-0.2, -0.15) is 0 Å². The van der Waals surface area contributed by atoms with Crippen molar-refractivity contribution < 1.29 is 0 Å². The fourth-order valence-corrected chi connectivity index (χ4v) is 3.17. The zero-order valence-electron chi connectivity index (χ0n) is 9.52. The molecule has 1 heteroatoms. The van der Waals surface area contributed by atoms with Crippen molar-refractivity contribution >= 4 is 0 Å². The summed E-state index contributed by atoms with van der Waals surface area (Å²) in [6, 6.07) is 1.41. The van der Waals surface area contributed by atoms with Crippen LogP contribution >= 0.6 is 0 Å². The van der Waals surface area contributed by atoms with Gasteiger partial charge in [0.15, 0.2) is 0 Å². The fraction of sp³-hybridized carbons (Fsp3) is 0.833. The Morgan fingerprint density at radius 3 is 2.54 bits per heavy atom. The lowest BCUT2D eigenvalue weighted by Crippen LogP contribution is -2.46. The number of hydrogen-bond acceptors (Lipinski definition) is 1. The first-order chi connectivity index (χ1) is 5.98. The van der Waals surface area contributed by atoms with E-state index in [9.17, 15) is 0 Å². The highest BCUT2D eigenvalue weighted by atomic mass is 15.2. The smallest absolute Gasteiger partial charge is 0.0282 e. The van der Waals surface area contributed by atoms with E-state index in [1.54, 1.807) is 11.1 Å². The van der Waals surface area contributed by atoms with Gasteiger partial charge in [0.1, 0.15) is 0 Å². The molecule has 2 heterocycles. The van der Waals surface area contributed by atoms with Crippen molar-refractivity contribution in [3.8, 4) is 0 Å². The van der Waals surface area contributed by atoms with Crippen molar-refractivity contribution in [3.05, 3.63) is 11.1 Å². The molecule has 0 radical (unpaired) electrons. The van der Waals surface area contributed by atoms with Crippen molar-refractivity contribution in [3.63, 3.8) is 0 Å². The Labute approximate surface area is 81.8 Å². The normalized spacial score (nSPS) is 50.1. The first-order valence-electron chi connectivity index (χ1n) is 5.42. The SMILES string of the molecule is CC1=C(C)C2(C)CCN(C1C)C2C. The van der Waals surface area contributed by atoms with Crippen LogP contribution in [-0.4, -0.2) is 23.5 Å². The van der Waals surface area contributed by atoms with Crippen LogP contribution in [0, 0.1) is 5.41 Å². The van der Waals surface area contributed by atoms with E-state index < -0.39 is 0 Å². The van der Waals surface area contributed by atoms with Crippen LogP contribution < -0.4 is 0 Å². The molecule has 74 valence electrons. The van der Waals surface area contributed by atoms with Crippen molar-refractivity contribution in [2.45, 2.75) is 53.1 Å². The standard InChI is InChI=1S/C12H21N/c1-8-9(2)12(5)6-7-13(10(8)3)11(12)4/h10-11H,6-7H2,1-5H3. The predicted octanol–water partition coefficient (Wildman–Crippen LogP) is 2.83. The molecule has 0 amide bonds. The topological polar surface area (TPSA) is 3.24 Å². The maximum Gasteiger partial charge on any atom is 0.0282 e. The molecule has 4 atom stereocenters. The second-order valence-corrected chi connectivity index (χ2v) is 5.07. The molecular formula is C12H21N. The Kier molecular flexibility index (Phi) is 1.85. The Morgan fingerprint density at radius 1 is 1.31 bits per heavy atom. The molecule has 0 spiro atoms. The summed E-state index contributed by atoms with van der Waals surface area (Å²) in [6.07, 6.45) is 1.35. The van der Waals surface area contributed by atoms with Gasteiger partial charge in [0.05, 0.1) is 0 Å². The lowest BCUT2D eigenvalue weighted by molar-refractivity contribution is 0.157. The Bertz CT molecular complexity index is 266. The summed E-state index contributed by atoms with van der Waals surface area (Å²) in [4.78, 5) is 2.66. The summed E-state index contributed by atoms with van der Waals surface area (Å²) in [5.41, 5.74) is 3.73. The zero-order chi connectivity index (χ0) is 9.80. The van der Waals surface area contributed by atoms with Gasteiger partial charge in [0.2, 0.25) is 0 Å². The lowest BCUT2D eigenvalue weighted by atomic mass is 9.72. The van der Waals surface area contributed by atoms with Gasteiger partial charge >= 0.3 is 0 Å². The van der Waals surface area contributed by atoms with Crippen LogP contribution in [0.2, 0.25) is 0 Å². The number of nitrogens with zero attached hydrogens (tertiary/aromatic N) is 1. The molecule has 0 N–H and O–H groups in total. The van der Waals surface area contributed by atoms with Crippen molar-refractivity contribution in [2.75, 3.05) is 6.54 Å². The summed E-state index contributed by atoms with van der Waals surface area (Å²) in [5, 5.41) is 0. The zero-order valence-corrected chi connectivity index (χ0v) is 9.52. The van der Waals surface area contributed by atoms with Gasteiger partial charge in [-0.3, -0.25) is 4.90 Å². The van der Waals surface area contributed by atoms with Crippen LogP contribution in [0.3, 0.4) is 0 Å². The monoisotopic (exact) mass is 179 g/mol. The molecule has 4 unspecified atom stereocenters. The van der Waals surface area contributed by atoms with Crippen molar-refractivity contribution in [2.24, 2.45) is 5.41 Å². The molecule has 13 heavy (non-hydrogen) atoms. The molecule has 2 aliphatic rings. The third-order valence-electron chi connectivity index (χ3n) is 4.88. The second-order valence-electron chi connectivity index (χ2n) is 5.07. The molecule has 1 saturated heterocycles. The lowest BCUT2D eigenvalue weighted by Gasteiger charge is -2.43. The van der Waals surface area contributed by atoms with Gasteiger partial charge in [-0.15, -0.1) is 0 Å². The minimum atomic E-state index is 0.469. The maximum absolute atomic E-state index is 2.66. The molecular weight excluding hydrogens is 158 g/mol. The highest BCUT2D eigenvalue weighted by molar-refractivity contribution is 5.30. The molecule has 0 aromatic heterocycles. The highest BCUT2D eigenvalue weighted by Crippen LogP contribution is 2.49. The molecule has 0 aliphatic carbocycles. The summed E-state index contributed by atoms with van der Waals surface area (Å²) in [6.45, 7) is 13.1. The van der Waals surface area contributed by atoms with Gasteiger partial charge in [-0.1, -0.05) is 18.1 Å². The number of rotatable bonds is 0. The van der Waals surface area contributed by atoms with E-state index in [1.807, 2.05) is 0 Å². The van der Waals surface area contributed by atoms with Crippen LogP contribution in [0.5, 0.6) is 0 Å². The molecule has 0 saturated carbocycles. The summed E-state index contributed by atoms with van der Waals surface area (Å²) in [5.74, 6) is 0. The largest absolute Gasteiger partial charge is 0.293 e. The minimum Gasteiger partial charge on any atom is -0.293 e. The third kappa shape index (κ3) is 0.969. The van der Waals surface area contributed by atoms with E-state index in [1.165, 1.54) is 13.0 Å². The summed E-state index contributed by atoms with van der Waals surface area (Å²) >= 11 is 0. The Balaban J connectivity index is 2.50. The van der Waals surface area contributed by atoms with E-state index in [0.717, 1.165) is 6.04 Å².